The summed E-state index contributed by atoms with van der Waals surface area (Å²) >= 11 is 5.35. The molecule has 0 heterocycles. The Labute approximate surface area is 128 Å². The molecule has 0 aromatic heterocycles. The van der Waals surface area contributed by atoms with E-state index < -0.39 is 0 Å². The van der Waals surface area contributed by atoms with Crippen LogP contribution in [0.1, 0.15) is 18.9 Å². The van der Waals surface area contributed by atoms with Crippen molar-refractivity contribution < 1.29 is 4.74 Å². The summed E-state index contributed by atoms with van der Waals surface area (Å²) in [5.74, 6) is 4.47. The molecule has 4 heteroatoms. The highest BCUT2D eigenvalue weighted by Crippen LogP contribution is 2.23. The van der Waals surface area contributed by atoms with E-state index in [1.807, 2.05) is 23.9 Å². The number of rotatable bonds is 8. The van der Waals surface area contributed by atoms with E-state index in [4.69, 9.17) is 11.2 Å². The quantitative estimate of drug-likeness (QED) is 0.728. The van der Waals surface area contributed by atoms with Crippen molar-refractivity contribution in [3.63, 3.8) is 0 Å². The Bertz CT molecular complexity index is 431. The third-order valence-electron chi connectivity index (χ3n) is 2.78. The van der Waals surface area contributed by atoms with E-state index in [-0.39, 0.29) is 0 Å². The van der Waals surface area contributed by atoms with Crippen LogP contribution >= 0.6 is 27.7 Å². The zero-order valence-electron chi connectivity index (χ0n) is 11.4. The molecule has 0 aliphatic heterocycles. The van der Waals surface area contributed by atoms with Crippen molar-refractivity contribution in [1.82, 2.24) is 5.32 Å². The molecule has 0 saturated carbocycles. The maximum absolute atomic E-state index is 5.57. The van der Waals surface area contributed by atoms with Crippen LogP contribution in [0.25, 0.3) is 0 Å². The van der Waals surface area contributed by atoms with Gasteiger partial charge in [-0.05, 0) is 30.9 Å². The summed E-state index contributed by atoms with van der Waals surface area (Å²) in [4.78, 5) is 0. The molecular weight excluding hydrogens is 322 g/mol. The lowest BCUT2D eigenvalue weighted by atomic mass is 10.1. The van der Waals surface area contributed by atoms with E-state index in [0.717, 1.165) is 34.5 Å². The highest BCUT2D eigenvalue weighted by atomic mass is 79.9. The molecule has 0 radical (unpaired) electrons. The molecular formula is C15H20BrNOS. The van der Waals surface area contributed by atoms with Crippen LogP contribution in [-0.2, 0) is 6.54 Å². The molecule has 104 valence electrons. The summed E-state index contributed by atoms with van der Waals surface area (Å²) in [7, 11) is 0. The minimum absolute atomic E-state index is 0.302. The first kappa shape index (κ1) is 16.4. The van der Waals surface area contributed by atoms with Gasteiger partial charge >= 0.3 is 0 Å². The minimum atomic E-state index is 0.302. The van der Waals surface area contributed by atoms with Gasteiger partial charge in [0, 0.05) is 28.4 Å². The minimum Gasteiger partial charge on any atom is -0.481 e. The summed E-state index contributed by atoms with van der Waals surface area (Å²) in [5, 5.41) is 3.56. The highest BCUT2D eigenvalue weighted by Gasteiger charge is 2.08. The van der Waals surface area contributed by atoms with Crippen molar-refractivity contribution in [1.29, 1.82) is 0 Å². The van der Waals surface area contributed by atoms with Crippen molar-refractivity contribution in [2.75, 3.05) is 18.6 Å². The molecule has 2 nitrogen and oxygen atoms in total. The topological polar surface area (TPSA) is 21.3 Å². The predicted octanol–water partition coefficient (Wildman–Crippen LogP) is 3.69. The lowest BCUT2D eigenvalue weighted by Gasteiger charge is -2.17. The SMILES string of the molecule is C#CCOc1ccc(Br)cc1CNC(CC)CSC. The van der Waals surface area contributed by atoms with Crippen LogP contribution in [0.5, 0.6) is 5.75 Å². The first-order valence-corrected chi connectivity index (χ1v) is 8.47. The Hall–Kier alpha value is -0.630. The van der Waals surface area contributed by atoms with Crippen molar-refractivity contribution >= 4 is 27.7 Å². The molecule has 1 aromatic rings. The molecule has 0 amide bonds. The number of nitrogens with one attached hydrogen (secondary N) is 1. The fraction of sp³-hybridized carbons (Fsp3) is 0.467. The first-order chi connectivity index (χ1) is 9.21. The van der Waals surface area contributed by atoms with Crippen molar-refractivity contribution in [2.45, 2.75) is 25.9 Å². The molecule has 1 atom stereocenters. The Morgan fingerprint density at radius 3 is 2.95 bits per heavy atom. The number of ether oxygens (including phenoxy) is 1. The molecule has 0 saturated heterocycles. The third kappa shape index (κ3) is 5.90. The third-order valence-corrected chi connectivity index (χ3v) is 4.00. The average Bonchev–Trinajstić information content (AvgIpc) is 2.42. The molecule has 1 rings (SSSR count). The summed E-state index contributed by atoms with van der Waals surface area (Å²) in [6.45, 7) is 3.29. The van der Waals surface area contributed by atoms with E-state index in [9.17, 15) is 0 Å². The summed E-state index contributed by atoms with van der Waals surface area (Å²) in [6, 6.07) is 6.52. The molecule has 1 unspecified atom stereocenters. The Balaban J connectivity index is 2.69. The van der Waals surface area contributed by atoms with Crippen molar-refractivity contribution in [2.24, 2.45) is 0 Å². The van der Waals surface area contributed by atoms with Crippen LogP contribution < -0.4 is 10.1 Å². The van der Waals surface area contributed by atoms with Crippen molar-refractivity contribution in [3.05, 3.63) is 28.2 Å². The Morgan fingerprint density at radius 2 is 2.32 bits per heavy atom. The number of halogens is 1. The van der Waals surface area contributed by atoms with E-state index >= 15 is 0 Å². The largest absolute Gasteiger partial charge is 0.481 e. The lowest BCUT2D eigenvalue weighted by molar-refractivity contribution is 0.363. The van der Waals surface area contributed by atoms with Crippen LogP contribution in [0.2, 0.25) is 0 Å². The van der Waals surface area contributed by atoms with Gasteiger partial charge in [-0.1, -0.05) is 28.8 Å². The summed E-state index contributed by atoms with van der Waals surface area (Å²) in [6.07, 6.45) is 8.49. The Kier molecular flexibility index (Phi) is 8.04. The number of terminal acetylenes is 1. The fourth-order valence-electron chi connectivity index (χ4n) is 1.72. The molecule has 0 bridgehead atoms. The smallest absolute Gasteiger partial charge is 0.148 e. The van der Waals surface area contributed by atoms with E-state index in [2.05, 4.69) is 46.4 Å². The summed E-state index contributed by atoms with van der Waals surface area (Å²) in [5.41, 5.74) is 1.13. The van der Waals surface area contributed by atoms with Gasteiger partial charge in [0.1, 0.15) is 12.4 Å². The van der Waals surface area contributed by atoms with Crippen molar-refractivity contribution in [3.8, 4) is 18.1 Å². The second kappa shape index (κ2) is 9.30. The monoisotopic (exact) mass is 341 g/mol. The Morgan fingerprint density at radius 1 is 1.53 bits per heavy atom. The zero-order chi connectivity index (χ0) is 14.1. The van der Waals surface area contributed by atoms with Crippen LogP contribution in [-0.4, -0.2) is 24.7 Å². The summed E-state index contributed by atoms with van der Waals surface area (Å²) < 4.78 is 6.62. The molecule has 0 aliphatic rings. The predicted molar refractivity (Wildman–Crippen MR) is 87.8 cm³/mol. The van der Waals surface area contributed by atoms with Crippen LogP contribution in [0.3, 0.4) is 0 Å². The first-order valence-electron chi connectivity index (χ1n) is 6.28. The molecule has 0 fully saturated rings. The van der Waals surface area contributed by atoms with Gasteiger partial charge in [-0.25, -0.2) is 0 Å². The highest BCUT2D eigenvalue weighted by molar-refractivity contribution is 9.10. The van der Waals surface area contributed by atoms with Crippen LogP contribution in [0, 0.1) is 12.3 Å². The van der Waals surface area contributed by atoms with E-state index in [1.165, 1.54) is 0 Å². The lowest BCUT2D eigenvalue weighted by Crippen LogP contribution is -2.30. The van der Waals surface area contributed by atoms with Gasteiger partial charge in [-0.15, -0.1) is 6.42 Å². The maximum Gasteiger partial charge on any atom is 0.148 e. The second-order valence-electron chi connectivity index (χ2n) is 4.19. The molecule has 0 aliphatic carbocycles. The van der Waals surface area contributed by atoms with Gasteiger partial charge in [0.15, 0.2) is 0 Å². The second-order valence-corrected chi connectivity index (χ2v) is 6.01. The van der Waals surface area contributed by atoms with Gasteiger partial charge in [-0.2, -0.15) is 11.8 Å². The molecule has 19 heavy (non-hydrogen) atoms. The standard InChI is InChI=1S/C15H20BrNOS/c1-4-8-18-15-7-6-13(16)9-12(15)10-17-14(5-2)11-19-3/h1,6-7,9,14,17H,5,8,10-11H2,2-3H3. The maximum atomic E-state index is 5.57. The molecule has 0 spiro atoms. The van der Waals surface area contributed by atoms with Crippen LogP contribution in [0.4, 0.5) is 0 Å². The number of benzene rings is 1. The normalized spacial score (nSPS) is 11.9. The number of thioether (sulfide) groups is 1. The van der Waals surface area contributed by atoms with Gasteiger partial charge in [0.25, 0.3) is 0 Å². The van der Waals surface area contributed by atoms with Gasteiger partial charge in [-0.3, -0.25) is 0 Å². The van der Waals surface area contributed by atoms with Gasteiger partial charge < -0.3 is 10.1 Å². The number of hydrogen-bond acceptors (Lipinski definition) is 3. The van der Waals surface area contributed by atoms with Gasteiger partial charge in [0.2, 0.25) is 0 Å². The number of hydrogen-bond donors (Lipinski definition) is 1. The van der Waals surface area contributed by atoms with E-state index in [1.54, 1.807) is 0 Å². The zero-order valence-corrected chi connectivity index (χ0v) is 13.8. The average molecular weight is 342 g/mol. The molecule has 1 N–H and O–H groups in total. The molecule has 1 aromatic carbocycles. The fourth-order valence-corrected chi connectivity index (χ4v) is 2.89. The van der Waals surface area contributed by atoms with Gasteiger partial charge in [0.05, 0.1) is 0 Å². The van der Waals surface area contributed by atoms with E-state index in [0.29, 0.717) is 12.6 Å². The van der Waals surface area contributed by atoms with Crippen LogP contribution in [0.15, 0.2) is 22.7 Å².